The largest absolute Gasteiger partial charge is 0.352 e. The van der Waals surface area contributed by atoms with Gasteiger partial charge < -0.3 is 9.80 Å². The van der Waals surface area contributed by atoms with Crippen molar-refractivity contribution < 1.29 is 0 Å². The first kappa shape index (κ1) is 15.7. The van der Waals surface area contributed by atoms with E-state index >= 15 is 0 Å². The zero-order chi connectivity index (χ0) is 16.1. The van der Waals surface area contributed by atoms with Crippen LogP contribution in [0.25, 0.3) is 5.70 Å². The van der Waals surface area contributed by atoms with Crippen LogP contribution < -0.4 is 9.80 Å². The van der Waals surface area contributed by atoms with Gasteiger partial charge in [-0.05, 0) is 24.1 Å². The summed E-state index contributed by atoms with van der Waals surface area (Å²) in [6, 6.07) is 19.1. The van der Waals surface area contributed by atoms with E-state index in [1.807, 2.05) is 0 Å². The van der Waals surface area contributed by atoms with Crippen LogP contribution in [0.4, 0.5) is 11.4 Å². The normalized spacial score (nSPS) is 13.3. The number of nitrogens with zero attached hydrogens (tertiary/aromatic N) is 2. The minimum atomic E-state index is 0.902. The van der Waals surface area contributed by atoms with Gasteiger partial charge in [-0.25, -0.2) is 0 Å². The molecule has 0 bridgehead atoms. The summed E-state index contributed by atoms with van der Waals surface area (Å²) in [4.78, 5) is 4.82. The van der Waals surface area contributed by atoms with Crippen molar-refractivity contribution in [3.63, 3.8) is 0 Å². The quantitative estimate of drug-likeness (QED) is 0.621. The van der Waals surface area contributed by atoms with Gasteiger partial charge in [-0.3, -0.25) is 0 Å². The Morgan fingerprint density at radius 2 is 1.61 bits per heavy atom. The molecule has 0 atom stereocenters. The summed E-state index contributed by atoms with van der Waals surface area (Å²) in [6.45, 7) is 8.63. The number of para-hydroxylation sites is 2. The number of fused-ring (bicyclic) bond motifs is 1. The third-order valence-corrected chi connectivity index (χ3v) is 4.54. The molecule has 0 radical (unpaired) electrons. The number of hydrogen-bond acceptors (Lipinski definition) is 2. The van der Waals surface area contributed by atoms with E-state index in [2.05, 4.69) is 77.9 Å². The lowest BCUT2D eigenvalue weighted by molar-refractivity contribution is 0.651. The molecule has 0 amide bonds. The first-order valence-electron chi connectivity index (χ1n) is 8.67. The molecular formula is C21H26N2. The Morgan fingerprint density at radius 1 is 0.913 bits per heavy atom. The summed E-state index contributed by atoms with van der Waals surface area (Å²) in [5.41, 5.74) is 4.88. The van der Waals surface area contributed by atoms with Gasteiger partial charge in [0, 0.05) is 12.2 Å². The molecule has 120 valence electrons. The van der Waals surface area contributed by atoms with Crippen LogP contribution >= 0.6 is 0 Å². The second kappa shape index (κ2) is 7.36. The summed E-state index contributed by atoms with van der Waals surface area (Å²) < 4.78 is 0. The van der Waals surface area contributed by atoms with Crippen LogP contribution in [0.1, 0.15) is 38.2 Å². The lowest BCUT2D eigenvalue weighted by Crippen LogP contribution is -2.30. The summed E-state index contributed by atoms with van der Waals surface area (Å²) in [6.07, 6.45) is 5.19. The fraction of sp³-hybridized carbons (Fsp3) is 0.333. The van der Waals surface area contributed by atoms with Crippen molar-refractivity contribution in [1.29, 1.82) is 0 Å². The molecule has 0 saturated carbocycles. The second-order valence-electron chi connectivity index (χ2n) is 6.19. The molecule has 0 spiro atoms. The van der Waals surface area contributed by atoms with E-state index in [1.54, 1.807) is 0 Å². The minimum absolute atomic E-state index is 0.902. The average molecular weight is 306 g/mol. The molecule has 2 nitrogen and oxygen atoms in total. The Balaban J connectivity index is 1.77. The molecule has 23 heavy (non-hydrogen) atoms. The van der Waals surface area contributed by atoms with Crippen LogP contribution in [0, 0.1) is 0 Å². The molecule has 1 aliphatic heterocycles. The van der Waals surface area contributed by atoms with Gasteiger partial charge in [0.15, 0.2) is 0 Å². The first-order valence-corrected chi connectivity index (χ1v) is 8.67. The molecule has 0 N–H and O–H groups in total. The van der Waals surface area contributed by atoms with Crippen molar-refractivity contribution in [2.75, 3.05) is 23.0 Å². The average Bonchev–Trinajstić information content (AvgIpc) is 2.98. The van der Waals surface area contributed by atoms with E-state index in [1.165, 1.54) is 42.6 Å². The molecule has 0 fully saturated rings. The smallest absolute Gasteiger partial charge is 0.0953 e. The summed E-state index contributed by atoms with van der Waals surface area (Å²) >= 11 is 0. The monoisotopic (exact) mass is 306 g/mol. The number of benzene rings is 2. The number of rotatable bonds is 7. The maximum atomic E-state index is 4.35. The van der Waals surface area contributed by atoms with Crippen LogP contribution in [0.2, 0.25) is 0 Å². The van der Waals surface area contributed by atoms with Crippen LogP contribution in [0.15, 0.2) is 61.2 Å². The van der Waals surface area contributed by atoms with Crippen molar-refractivity contribution in [3.8, 4) is 0 Å². The highest BCUT2D eigenvalue weighted by Gasteiger charge is 2.26. The van der Waals surface area contributed by atoms with Crippen molar-refractivity contribution >= 4 is 17.1 Å². The number of hydrogen-bond donors (Lipinski definition) is 0. The lowest BCUT2D eigenvalue weighted by atomic mass is 10.1. The lowest BCUT2D eigenvalue weighted by Gasteiger charge is -2.23. The predicted molar refractivity (Wildman–Crippen MR) is 101 cm³/mol. The molecule has 0 aliphatic carbocycles. The van der Waals surface area contributed by atoms with Gasteiger partial charge in [-0.15, -0.1) is 0 Å². The third kappa shape index (κ3) is 3.42. The maximum Gasteiger partial charge on any atom is 0.0953 e. The molecule has 3 rings (SSSR count). The molecule has 1 aliphatic rings. The Morgan fingerprint density at radius 3 is 2.35 bits per heavy atom. The third-order valence-electron chi connectivity index (χ3n) is 4.54. The standard InChI is InChI=1S/C21H26N2/c1-3-4-5-11-16-22-17-23(21-15-10-9-14-20(21)22)18(2)19-12-7-6-8-13-19/h6-10,12-15H,2-5,11,16-17H2,1H3. The Hall–Kier alpha value is -2.22. The summed E-state index contributed by atoms with van der Waals surface area (Å²) in [5, 5.41) is 0. The molecule has 2 heteroatoms. The van der Waals surface area contributed by atoms with E-state index < -0.39 is 0 Å². The SMILES string of the molecule is C=C(c1ccccc1)N1CN(CCCCCC)c2ccccc21. The van der Waals surface area contributed by atoms with Gasteiger partial charge in [-0.1, -0.05) is 75.2 Å². The number of anilines is 2. The van der Waals surface area contributed by atoms with E-state index in [9.17, 15) is 0 Å². The summed E-state index contributed by atoms with van der Waals surface area (Å²) in [5.74, 6) is 0. The highest BCUT2D eigenvalue weighted by atomic mass is 15.4. The van der Waals surface area contributed by atoms with Gasteiger partial charge in [0.2, 0.25) is 0 Å². The van der Waals surface area contributed by atoms with Gasteiger partial charge in [0.25, 0.3) is 0 Å². The highest BCUT2D eigenvalue weighted by molar-refractivity contribution is 5.88. The molecule has 0 saturated heterocycles. The maximum absolute atomic E-state index is 4.35. The van der Waals surface area contributed by atoms with Crippen LogP contribution in [0.5, 0.6) is 0 Å². The van der Waals surface area contributed by atoms with Crippen LogP contribution in [0.3, 0.4) is 0 Å². The summed E-state index contributed by atoms with van der Waals surface area (Å²) in [7, 11) is 0. The Kier molecular flexibility index (Phi) is 5.02. The van der Waals surface area contributed by atoms with E-state index in [-0.39, 0.29) is 0 Å². The zero-order valence-corrected chi connectivity index (χ0v) is 14.0. The van der Waals surface area contributed by atoms with Gasteiger partial charge in [-0.2, -0.15) is 0 Å². The van der Waals surface area contributed by atoms with Crippen molar-refractivity contribution in [3.05, 3.63) is 66.7 Å². The van der Waals surface area contributed by atoms with E-state index in [0.29, 0.717) is 0 Å². The van der Waals surface area contributed by atoms with E-state index in [0.717, 1.165) is 18.9 Å². The fourth-order valence-electron chi connectivity index (χ4n) is 3.22. The molecule has 2 aromatic carbocycles. The molecule has 0 unspecified atom stereocenters. The first-order chi connectivity index (χ1) is 11.3. The van der Waals surface area contributed by atoms with Gasteiger partial charge in [0.1, 0.15) is 0 Å². The van der Waals surface area contributed by atoms with Crippen molar-refractivity contribution in [2.45, 2.75) is 32.6 Å². The zero-order valence-electron chi connectivity index (χ0n) is 14.0. The van der Waals surface area contributed by atoms with Crippen LogP contribution in [-0.4, -0.2) is 13.2 Å². The molecule has 2 aromatic rings. The fourth-order valence-corrected chi connectivity index (χ4v) is 3.22. The van der Waals surface area contributed by atoms with Gasteiger partial charge in [0.05, 0.1) is 18.0 Å². The topological polar surface area (TPSA) is 6.48 Å². The highest BCUT2D eigenvalue weighted by Crippen LogP contribution is 2.39. The predicted octanol–water partition coefficient (Wildman–Crippen LogP) is 5.52. The minimum Gasteiger partial charge on any atom is -0.352 e. The van der Waals surface area contributed by atoms with Gasteiger partial charge >= 0.3 is 0 Å². The molecular weight excluding hydrogens is 280 g/mol. The Bertz CT molecular complexity index is 648. The molecule has 1 heterocycles. The van der Waals surface area contributed by atoms with Crippen molar-refractivity contribution in [1.82, 2.24) is 0 Å². The Labute approximate surface area is 140 Å². The van der Waals surface area contributed by atoms with Crippen LogP contribution in [-0.2, 0) is 0 Å². The number of unbranched alkanes of at least 4 members (excludes halogenated alkanes) is 3. The van der Waals surface area contributed by atoms with Crippen molar-refractivity contribution in [2.24, 2.45) is 0 Å². The molecule has 0 aromatic heterocycles. The second-order valence-corrected chi connectivity index (χ2v) is 6.19. The van der Waals surface area contributed by atoms with E-state index in [4.69, 9.17) is 0 Å².